The Balaban J connectivity index is 2.02. The van der Waals surface area contributed by atoms with Crippen LogP contribution in [-0.4, -0.2) is 11.5 Å². The summed E-state index contributed by atoms with van der Waals surface area (Å²) >= 11 is 6.89. The first-order valence-corrected chi connectivity index (χ1v) is 8.50. The highest BCUT2D eigenvalue weighted by Crippen LogP contribution is 2.24. The second kappa shape index (κ2) is 8.51. The van der Waals surface area contributed by atoms with Crippen molar-refractivity contribution in [3.05, 3.63) is 56.7 Å². The van der Waals surface area contributed by atoms with E-state index in [4.69, 9.17) is 4.74 Å². The van der Waals surface area contributed by atoms with Gasteiger partial charge in [-0.1, -0.05) is 22.9 Å². The maximum atomic E-state index is 5.91. The summed E-state index contributed by atoms with van der Waals surface area (Å²) in [6.45, 7) is 4.43. The Hall–Kier alpha value is -0.910. The van der Waals surface area contributed by atoms with Crippen molar-refractivity contribution in [3.8, 4) is 5.75 Å². The summed E-state index contributed by atoms with van der Waals surface area (Å²) in [5.74, 6) is 0.895. The minimum atomic E-state index is 0.468. The Morgan fingerprint density at radius 1 is 1.14 bits per heavy atom. The third-order valence-electron chi connectivity index (χ3n) is 2.93. The smallest absolute Gasteiger partial charge is 0.130 e. The first-order chi connectivity index (χ1) is 10.2. The Kier molecular flexibility index (Phi) is 6.67. The van der Waals surface area contributed by atoms with E-state index in [2.05, 4.69) is 55.2 Å². The van der Waals surface area contributed by atoms with Gasteiger partial charge in [0.25, 0.3) is 0 Å². The second-order valence-corrected chi connectivity index (χ2v) is 6.52. The SMILES string of the molecule is CCCNCc1cc(Br)ccc1OCc1ccc(Br)cn1. The highest BCUT2D eigenvalue weighted by molar-refractivity contribution is 9.10. The van der Waals surface area contributed by atoms with Crippen LogP contribution in [0.2, 0.25) is 0 Å². The molecule has 112 valence electrons. The van der Waals surface area contributed by atoms with Gasteiger partial charge in [-0.25, -0.2) is 0 Å². The molecule has 0 atom stereocenters. The lowest BCUT2D eigenvalue weighted by atomic mass is 10.2. The van der Waals surface area contributed by atoms with E-state index in [0.717, 1.165) is 45.5 Å². The minimum Gasteiger partial charge on any atom is -0.487 e. The van der Waals surface area contributed by atoms with E-state index in [1.165, 1.54) is 0 Å². The summed E-state index contributed by atoms with van der Waals surface area (Å²) in [6, 6.07) is 10.0. The zero-order chi connectivity index (χ0) is 15.1. The van der Waals surface area contributed by atoms with Crippen molar-refractivity contribution < 1.29 is 4.74 Å². The molecule has 0 radical (unpaired) electrons. The molecule has 0 aliphatic rings. The molecule has 2 aromatic rings. The van der Waals surface area contributed by atoms with Crippen molar-refractivity contribution in [2.24, 2.45) is 0 Å². The van der Waals surface area contributed by atoms with Crippen LogP contribution in [0.15, 0.2) is 45.5 Å². The number of nitrogens with zero attached hydrogens (tertiary/aromatic N) is 1. The van der Waals surface area contributed by atoms with Gasteiger partial charge in [-0.2, -0.15) is 0 Å². The molecule has 21 heavy (non-hydrogen) atoms. The van der Waals surface area contributed by atoms with Crippen molar-refractivity contribution in [3.63, 3.8) is 0 Å². The molecule has 1 aromatic heterocycles. The van der Waals surface area contributed by atoms with Gasteiger partial charge in [-0.05, 0) is 59.2 Å². The first kappa shape index (κ1) is 16.5. The van der Waals surface area contributed by atoms with Crippen molar-refractivity contribution in [1.29, 1.82) is 0 Å². The second-order valence-electron chi connectivity index (χ2n) is 4.69. The van der Waals surface area contributed by atoms with Gasteiger partial charge in [-0.3, -0.25) is 4.98 Å². The Morgan fingerprint density at radius 3 is 2.67 bits per heavy atom. The number of rotatable bonds is 7. The monoisotopic (exact) mass is 412 g/mol. The molecule has 3 nitrogen and oxygen atoms in total. The summed E-state index contributed by atoms with van der Waals surface area (Å²) in [5, 5.41) is 3.40. The molecular formula is C16H18Br2N2O. The summed E-state index contributed by atoms with van der Waals surface area (Å²) in [6.07, 6.45) is 2.90. The van der Waals surface area contributed by atoms with Crippen molar-refractivity contribution in [2.75, 3.05) is 6.54 Å². The maximum absolute atomic E-state index is 5.91. The molecule has 0 saturated heterocycles. The molecule has 1 heterocycles. The zero-order valence-electron chi connectivity index (χ0n) is 11.9. The van der Waals surface area contributed by atoms with Crippen molar-refractivity contribution in [1.82, 2.24) is 10.3 Å². The molecule has 5 heteroatoms. The van der Waals surface area contributed by atoms with E-state index in [1.54, 1.807) is 6.20 Å². The quantitative estimate of drug-likeness (QED) is 0.668. The van der Waals surface area contributed by atoms with Gasteiger partial charge in [0, 0.05) is 27.3 Å². The normalized spacial score (nSPS) is 10.6. The number of nitrogens with one attached hydrogen (secondary N) is 1. The number of pyridine rings is 1. The molecule has 0 aliphatic carbocycles. The van der Waals surface area contributed by atoms with Crippen LogP contribution in [0, 0.1) is 0 Å². The van der Waals surface area contributed by atoms with Crippen LogP contribution < -0.4 is 10.1 Å². The highest BCUT2D eigenvalue weighted by Gasteiger charge is 2.05. The summed E-state index contributed by atoms with van der Waals surface area (Å²) in [5.41, 5.74) is 2.06. The van der Waals surface area contributed by atoms with E-state index in [-0.39, 0.29) is 0 Å². The lowest BCUT2D eigenvalue weighted by Crippen LogP contribution is -2.14. The largest absolute Gasteiger partial charge is 0.487 e. The molecule has 0 bridgehead atoms. The molecule has 0 saturated carbocycles. The molecule has 1 aromatic carbocycles. The number of benzene rings is 1. The minimum absolute atomic E-state index is 0.468. The van der Waals surface area contributed by atoms with Crippen LogP contribution >= 0.6 is 31.9 Å². The van der Waals surface area contributed by atoms with Crippen LogP contribution in [0.5, 0.6) is 5.75 Å². The lowest BCUT2D eigenvalue weighted by molar-refractivity contribution is 0.297. The predicted molar refractivity (Wildman–Crippen MR) is 92.4 cm³/mol. The molecule has 0 amide bonds. The summed E-state index contributed by atoms with van der Waals surface area (Å²) < 4.78 is 7.94. The number of aromatic nitrogens is 1. The third kappa shape index (κ3) is 5.41. The van der Waals surface area contributed by atoms with Gasteiger partial charge in [0.1, 0.15) is 12.4 Å². The number of hydrogen-bond donors (Lipinski definition) is 1. The van der Waals surface area contributed by atoms with Gasteiger partial charge < -0.3 is 10.1 Å². The van der Waals surface area contributed by atoms with Gasteiger partial charge >= 0.3 is 0 Å². The van der Waals surface area contributed by atoms with Crippen molar-refractivity contribution in [2.45, 2.75) is 26.5 Å². The molecule has 0 spiro atoms. The van der Waals surface area contributed by atoms with Crippen molar-refractivity contribution >= 4 is 31.9 Å². The Bertz CT molecular complexity index is 573. The fraction of sp³-hybridized carbons (Fsp3) is 0.312. The van der Waals surface area contributed by atoms with Crippen LogP contribution in [0.25, 0.3) is 0 Å². The fourth-order valence-corrected chi connectivity index (χ4v) is 2.51. The molecule has 0 unspecified atom stereocenters. The first-order valence-electron chi connectivity index (χ1n) is 6.91. The molecule has 0 fully saturated rings. The van der Waals surface area contributed by atoms with E-state index < -0.39 is 0 Å². The fourth-order valence-electron chi connectivity index (χ4n) is 1.87. The van der Waals surface area contributed by atoms with Crippen LogP contribution in [0.3, 0.4) is 0 Å². The molecule has 2 rings (SSSR count). The van der Waals surface area contributed by atoms with E-state index >= 15 is 0 Å². The zero-order valence-corrected chi connectivity index (χ0v) is 15.1. The van der Waals surface area contributed by atoms with Crippen LogP contribution in [0.1, 0.15) is 24.6 Å². The van der Waals surface area contributed by atoms with Crippen LogP contribution in [-0.2, 0) is 13.2 Å². The maximum Gasteiger partial charge on any atom is 0.130 e. The summed E-state index contributed by atoms with van der Waals surface area (Å²) in [7, 11) is 0. The average Bonchev–Trinajstić information content (AvgIpc) is 2.48. The summed E-state index contributed by atoms with van der Waals surface area (Å²) in [4.78, 5) is 4.32. The van der Waals surface area contributed by atoms with E-state index in [9.17, 15) is 0 Å². The van der Waals surface area contributed by atoms with Gasteiger partial charge in [-0.15, -0.1) is 0 Å². The van der Waals surface area contributed by atoms with Gasteiger partial charge in [0.2, 0.25) is 0 Å². The standard InChI is InChI=1S/C16H18Br2N2O/c1-2-7-19-9-12-8-13(17)4-6-16(12)21-11-15-5-3-14(18)10-20-15/h3-6,8,10,19H,2,7,9,11H2,1H3. The highest BCUT2D eigenvalue weighted by atomic mass is 79.9. The molecule has 0 aliphatic heterocycles. The Labute approximate surface area is 142 Å². The van der Waals surface area contributed by atoms with E-state index in [0.29, 0.717) is 6.61 Å². The van der Waals surface area contributed by atoms with Crippen LogP contribution in [0.4, 0.5) is 0 Å². The number of ether oxygens (including phenoxy) is 1. The van der Waals surface area contributed by atoms with E-state index in [1.807, 2.05) is 24.3 Å². The van der Waals surface area contributed by atoms with Gasteiger partial charge in [0.15, 0.2) is 0 Å². The van der Waals surface area contributed by atoms with Gasteiger partial charge in [0.05, 0.1) is 5.69 Å². The average molecular weight is 414 g/mol. The lowest BCUT2D eigenvalue weighted by Gasteiger charge is -2.12. The topological polar surface area (TPSA) is 34.1 Å². The number of halogens is 2. The predicted octanol–water partition coefficient (Wildman–Crippen LogP) is 4.69. The Morgan fingerprint density at radius 2 is 1.95 bits per heavy atom. The molecular weight excluding hydrogens is 396 g/mol. The number of hydrogen-bond acceptors (Lipinski definition) is 3. The third-order valence-corrected chi connectivity index (χ3v) is 3.89. The molecule has 1 N–H and O–H groups in total.